The molecule has 0 aliphatic carbocycles. The van der Waals surface area contributed by atoms with E-state index in [-0.39, 0.29) is 41.5 Å². The topological polar surface area (TPSA) is 121 Å². The van der Waals surface area contributed by atoms with Crippen molar-refractivity contribution in [1.29, 1.82) is 0 Å². The summed E-state index contributed by atoms with van der Waals surface area (Å²) in [5.41, 5.74) is 0. The second kappa shape index (κ2) is 40.4. The van der Waals surface area contributed by atoms with Crippen molar-refractivity contribution in [2.75, 3.05) is 0 Å². The zero-order chi connectivity index (χ0) is 33.0. The van der Waals surface area contributed by atoms with Crippen molar-refractivity contribution in [3.63, 3.8) is 0 Å². The minimum absolute atomic E-state index is 0. The summed E-state index contributed by atoms with van der Waals surface area (Å²) in [6.45, 7) is 4.55. The normalized spacial score (nSPS) is 11.0. The minimum Gasteiger partial charge on any atom is -0.393 e. The van der Waals surface area contributed by atoms with Crippen molar-refractivity contribution < 1.29 is 33.6 Å². The van der Waals surface area contributed by atoms with Crippen LogP contribution in [0.25, 0.3) is 0 Å². The molecule has 9 heteroatoms. The predicted molar refractivity (Wildman–Crippen MR) is 190 cm³/mol. The van der Waals surface area contributed by atoms with Crippen LogP contribution in [-0.4, -0.2) is 56.2 Å². The van der Waals surface area contributed by atoms with E-state index in [1.54, 1.807) is 0 Å². The van der Waals surface area contributed by atoms with Crippen molar-refractivity contribution in [2.45, 2.75) is 219 Å². The molecular weight excluding hydrogens is 598 g/mol. The van der Waals surface area contributed by atoms with Gasteiger partial charge in [0.15, 0.2) is 0 Å². The Morgan fingerprint density at radius 2 is 0.556 bits per heavy atom. The van der Waals surface area contributed by atoms with Gasteiger partial charge in [0.2, 0.25) is 0 Å². The second-order valence-corrected chi connectivity index (χ2v) is 13.8. The van der Waals surface area contributed by atoms with E-state index in [2.05, 4.69) is 13.8 Å². The molecule has 0 aliphatic heterocycles. The molecular formula is C36H73NaO7P. The van der Waals surface area contributed by atoms with Gasteiger partial charge >= 0.3 is 19.8 Å². The van der Waals surface area contributed by atoms with Crippen molar-refractivity contribution in [3.05, 3.63) is 0 Å². The first-order valence-corrected chi connectivity index (χ1v) is 20.3. The van der Waals surface area contributed by atoms with Crippen LogP contribution in [-0.2, 0) is 18.9 Å². The van der Waals surface area contributed by atoms with Gasteiger partial charge in [-0.3, -0.25) is 9.59 Å². The van der Waals surface area contributed by atoms with Crippen molar-refractivity contribution in [2.24, 2.45) is 0 Å². The summed E-state index contributed by atoms with van der Waals surface area (Å²) in [5, 5.41) is 0. The molecule has 0 heterocycles. The van der Waals surface area contributed by atoms with Crippen LogP contribution in [0.1, 0.15) is 219 Å². The Hall–Kier alpha value is 0.250. The summed E-state index contributed by atoms with van der Waals surface area (Å²) >= 11 is 0. The molecule has 0 rings (SSSR count). The molecule has 0 aromatic heterocycles. The molecule has 45 heavy (non-hydrogen) atoms. The molecule has 0 saturated carbocycles. The van der Waals surface area contributed by atoms with Crippen LogP contribution in [0.4, 0.5) is 0 Å². The fourth-order valence-electron chi connectivity index (χ4n) is 5.51. The molecule has 0 amide bonds. The van der Waals surface area contributed by atoms with Gasteiger partial charge in [-0.2, -0.15) is 0 Å². The van der Waals surface area contributed by atoms with Gasteiger partial charge in [0.05, 0.1) is 0 Å². The van der Waals surface area contributed by atoms with E-state index in [4.69, 9.17) is 24.0 Å². The number of esters is 2. The SMILES string of the molecule is CCCCCCCCCCCCCCCCCC(=O)OC(=O)CCCCCCCCCCCCCCCCC.O=P(O)(O)O.[Na]. The van der Waals surface area contributed by atoms with E-state index in [1.807, 2.05) is 0 Å². The average Bonchev–Trinajstić information content (AvgIpc) is 2.96. The molecule has 0 saturated heterocycles. The van der Waals surface area contributed by atoms with Crippen molar-refractivity contribution in [1.82, 2.24) is 0 Å². The maximum Gasteiger partial charge on any atom is 0.466 e. The smallest absolute Gasteiger partial charge is 0.393 e. The zero-order valence-electron chi connectivity index (χ0n) is 30.0. The Kier molecular flexibility index (Phi) is 44.6. The first kappa shape index (κ1) is 49.6. The Labute approximate surface area is 300 Å². The van der Waals surface area contributed by atoms with Gasteiger partial charge in [0.1, 0.15) is 0 Å². The van der Waals surface area contributed by atoms with Crippen LogP contribution in [0.15, 0.2) is 0 Å². The Morgan fingerprint density at radius 1 is 0.400 bits per heavy atom. The maximum atomic E-state index is 11.9. The molecule has 1 radical (unpaired) electrons. The fourth-order valence-corrected chi connectivity index (χ4v) is 5.51. The third-order valence-electron chi connectivity index (χ3n) is 8.20. The molecule has 0 atom stereocenters. The molecule has 0 bridgehead atoms. The molecule has 265 valence electrons. The first-order valence-electron chi connectivity index (χ1n) is 18.7. The van der Waals surface area contributed by atoms with Gasteiger partial charge in [0.25, 0.3) is 0 Å². The monoisotopic (exact) mass is 671 g/mol. The summed E-state index contributed by atoms with van der Waals surface area (Å²) in [5.74, 6) is -0.647. The second-order valence-electron chi connectivity index (χ2n) is 12.8. The van der Waals surface area contributed by atoms with Crippen LogP contribution >= 0.6 is 7.82 Å². The van der Waals surface area contributed by atoms with E-state index in [0.29, 0.717) is 12.8 Å². The number of phosphoric acid groups is 1. The van der Waals surface area contributed by atoms with Crippen LogP contribution in [0.5, 0.6) is 0 Å². The molecule has 7 nitrogen and oxygen atoms in total. The number of ether oxygens (including phenoxy) is 1. The van der Waals surface area contributed by atoms with Crippen molar-refractivity contribution in [3.8, 4) is 0 Å². The van der Waals surface area contributed by atoms with E-state index in [0.717, 1.165) is 25.7 Å². The summed E-state index contributed by atoms with van der Waals surface area (Å²) in [6.07, 6.45) is 40.1. The zero-order valence-corrected chi connectivity index (χ0v) is 32.9. The molecule has 0 aliphatic rings. The van der Waals surface area contributed by atoms with Crippen LogP contribution in [0, 0.1) is 0 Å². The number of hydrogen-bond acceptors (Lipinski definition) is 4. The van der Waals surface area contributed by atoms with Crippen LogP contribution in [0.2, 0.25) is 0 Å². The largest absolute Gasteiger partial charge is 0.466 e. The predicted octanol–water partition coefficient (Wildman–Crippen LogP) is 11.3. The van der Waals surface area contributed by atoms with Gasteiger partial charge in [-0.1, -0.05) is 194 Å². The number of rotatable bonds is 32. The Balaban J connectivity index is -0.00000270. The van der Waals surface area contributed by atoms with Crippen molar-refractivity contribution >= 4 is 49.3 Å². The van der Waals surface area contributed by atoms with E-state index < -0.39 is 7.82 Å². The molecule has 0 aromatic rings. The summed E-state index contributed by atoms with van der Waals surface area (Å²) in [4.78, 5) is 45.4. The number of carbonyl (C=O) groups excluding carboxylic acids is 2. The average molecular weight is 672 g/mol. The molecule has 0 fully saturated rings. The Morgan fingerprint density at radius 3 is 0.733 bits per heavy atom. The molecule has 0 spiro atoms. The molecule has 0 unspecified atom stereocenters. The van der Waals surface area contributed by atoms with Gasteiger partial charge in [0, 0.05) is 42.4 Å². The van der Waals surface area contributed by atoms with Gasteiger partial charge in [-0.25, -0.2) is 4.57 Å². The molecule has 0 aromatic carbocycles. The van der Waals surface area contributed by atoms with E-state index in [1.165, 1.54) is 167 Å². The first-order chi connectivity index (χ1) is 21.2. The van der Waals surface area contributed by atoms with Crippen LogP contribution < -0.4 is 0 Å². The Bertz CT molecular complexity index is 605. The molecule has 3 N–H and O–H groups in total. The quantitative estimate of drug-likeness (QED) is 0.0214. The third-order valence-corrected chi connectivity index (χ3v) is 8.20. The summed E-state index contributed by atoms with van der Waals surface area (Å²) in [6, 6.07) is 0. The summed E-state index contributed by atoms with van der Waals surface area (Å²) in [7, 11) is -4.64. The standard InChI is InChI=1S/C36H70O3.Na.H3O4P/c1-3-5-7-9-11-13-15-17-19-21-23-25-27-29-31-33-35(37)39-36(38)34-32-30-28-26-24-22-20-18-16-14-12-10-8-6-4-2;;1-5(2,3)4/h3-34H2,1-2H3;;(H3,1,2,3,4). The van der Waals surface area contributed by atoms with Gasteiger partial charge in [-0.15, -0.1) is 0 Å². The van der Waals surface area contributed by atoms with E-state index >= 15 is 0 Å². The van der Waals surface area contributed by atoms with Gasteiger partial charge in [-0.05, 0) is 12.8 Å². The minimum atomic E-state index is -4.64. The number of carbonyl (C=O) groups is 2. The van der Waals surface area contributed by atoms with E-state index in [9.17, 15) is 9.59 Å². The van der Waals surface area contributed by atoms with Crippen LogP contribution in [0.3, 0.4) is 0 Å². The summed E-state index contributed by atoms with van der Waals surface area (Å²) < 4.78 is 13.9. The third kappa shape index (κ3) is 54.0. The number of hydrogen-bond donors (Lipinski definition) is 3. The van der Waals surface area contributed by atoms with Gasteiger partial charge < -0.3 is 19.4 Å². The fraction of sp³-hybridized carbons (Fsp3) is 0.944. The maximum absolute atomic E-state index is 11.9. The number of unbranched alkanes of at least 4 members (excludes halogenated alkanes) is 28.